The molecule has 0 amide bonds. The molecule has 1 aliphatic rings. The number of hydrogen-bond acceptors (Lipinski definition) is 4. The second-order valence-corrected chi connectivity index (χ2v) is 6.93. The normalized spacial score (nSPS) is 21.8. The van der Waals surface area contributed by atoms with Crippen molar-refractivity contribution >= 4 is 5.82 Å². The molecule has 0 bridgehead atoms. The lowest BCUT2D eigenvalue weighted by Gasteiger charge is -2.43. The summed E-state index contributed by atoms with van der Waals surface area (Å²) < 4.78 is 13.6. The maximum atomic E-state index is 13.6. The molecule has 1 N–H and O–H groups in total. The van der Waals surface area contributed by atoms with Crippen LogP contribution in [-0.4, -0.2) is 27.9 Å². The molecule has 0 saturated heterocycles. The Labute approximate surface area is 152 Å². The van der Waals surface area contributed by atoms with Crippen molar-refractivity contribution in [2.75, 3.05) is 11.9 Å². The van der Waals surface area contributed by atoms with Gasteiger partial charge in [0.05, 0.1) is 5.69 Å². The average Bonchev–Trinajstić information content (AvgIpc) is 2.67. The Kier molecular flexibility index (Phi) is 4.61. The van der Waals surface area contributed by atoms with Crippen LogP contribution < -0.4 is 5.32 Å². The topological polar surface area (TPSA) is 50.7 Å². The van der Waals surface area contributed by atoms with E-state index in [-0.39, 0.29) is 5.41 Å². The highest BCUT2D eigenvalue weighted by Crippen LogP contribution is 2.44. The molecule has 4 nitrogen and oxygen atoms in total. The van der Waals surface area contributed by atoms with Gasteiger partial charge < -0.3 is 5.32 Å². The number of benzene rings is 1. The summed E-state index contributed by atoms with van der Waals surface area (Å²) in [5.74, 6) is 0.708. The van der Waals surface area contributed by atoms with E-state index in [2.05, 4.69) is 32.6 Å². The summed E-state index contributed by atoms with van der Waals surface area (Å²) in [6.07, 6.45) is 2.77. The van der Waals surface area contributed by atoms with Crippen molar-refractivity contribution in [2.45, 2.75) is 30.8 Å². The zero-order chi connectivity index (χ0) is 17.8. The van der Waals surface area contributed by atoms with E-state index >= 15 is 0 Å². The van der Waals surface area contributed by atoms with Gasteiger partial charge in [-0.2, -0.15) is 5.10 Å². The van der Waals surface area contributed by atoms with Crippen molar-refractivity contribution in [1.29, 1.82) is 0 Å². The highest BCUT2D eigenvalue weighted by Gasteiger charge is 2.46. The molecule has 26 heavy (non-hydrogen) atoms. The fourth-order valence-corrected chi connectivity index (χ4v) is 3.52. The third-order valence-electron chi connectivity index (χ3n) is 4.99. The number of nitrogens with zero attached hydrogens (tertiary/aromatic N) is 3. The van der Waals surface area contributed by atoms with Gasteiger partial charge in [0, 0.05) is 30.3 Å². The highest BCUT2D eigenvalue weighted by atomic mass is 19.1. The van der Waals surface area contributed by atoms with Gasteiger partial charge in [-0.15, -0.1) is 5.10 Å². The smallest absolute Gasteiger partial charge is 0.148 e. The Morgan fingerprint density at radius 3 is 2.42 bits per heavy atom. The van der Waals surface area contributed by atoms with E-state index in [1.165, 1.54) is 5.56 Å². The summed E-state index contributed by atoms with van der Waals surface area (Å²) in [5, 5.41) is 11.9. The zero-order valence-electron chi connectivity index (χ0n) is 14.5. The molecular formula is C21H21FN4. The van der Waals surface area contributed by atoms with Crippen molar-refractivity contribution in [3.63, 3.8) is 0 Å². The summed E-state index contributed by atoms with van der Waals surface area (Å²) in [6.45, 7) is 0.608. The van der Waals surface area contributed by atoms with Crippen LogP contribution in [0.4, 0.5) is 10.2 Å². The maximum absolute atomic E-state index is 13.6. The standard InChI is InChI=1S/C21H21FN4/c22-17-13-21(14-17,19-8-4-5-11-23-19)15-24-20-10-9-18(25-26-20)12-16-6-2-1-3-7-16/h1-11,17H,12-15H2,(H,24,26). The molecule has 4 rings (SSSR count). The van der Waals surface area contributed by atoms with Crippen molar-refractivity contribution in [1.82, 2.24) is 15.2 Å². The average molecular weight is 348 g/mol. The van der Waals surface area contributed by atoms with Crippen molar-refractivity contribution in [3.05, 3.63) is 83.8 Å². The first-order valence-corrected chi connectivity index (χ1v) is 8.90. The second kappa shape index (κ2) is 7.20. The van der Waals surface area contributed by atoms with E-state index in [0.29, 0.717) is 25.2 Å². The Morgan fingerprint density at radius 2 is 1.77 bits per heavy atom. The van der Waals surface area contributed by atoms with E-state index in [0.717, 1.165) is 17.8 Å². The number of alkyl halides is 1. The van der Waals surface area contributed by atoms with Crippen LogP contribution in [0.1, 0.15) is 29.8 Å². The third-order valence-corrected chi connectivity index (χ3v) is 4.99. The van der Waals surface area contributed by atoms with Crippen LogP contribution in [0.15, 0.2) is 66.9 Å². The number of aromatic nitrogens is 3. The van der Waals surface area contributed by atoms with Gasteiger partial charge in [-0.1, -0.05) is 36.4 Å². The van der Waals surface area contributed by atoms with E-state index in [9.17, 15) is 4.39 Å². The molecule has 0 radical (unpaired) electrons. The molecule has 132 valence electrons. The van der Waals surface area contributed by atoms with Gasteiger partial charge in [-0.25, -0.2) is 4.39 Å². The third kappa shape index (κ3) is 3.57. The number of anilines is 1. The molecule has 1 saturated carbocycles. The molecule has 0 spiro atoms. The Morgan fingerprint density at radius 1 is 0.962 bits per heavy atom. The van der Waals surface area contributed by atoms with Crippen molar-refractivity contribution in [3.8, 4) is 0 Å². The van der Waals surface area contributed by atoms with Crippen molar-refractivity contribution < 1.29 is 4.39 Å². The predicted molar refractivity (Wildman–Crippen MR) is 99.8 cm³/mol. The van der Waals surface area contributed by atoms with Gasteiger partial charge in [0.1, 0.15) is 12.0 Å². The predicted octanol–water partition coefficient (Wildman–Crippen LogP) is 3.94. The Bertz CT molecular complexity index is 831. The molecule has 0 aliphatic heterocycles. The lowest BCUT2D eigenvalue weighted by molar-refractivity contribution is 0.0996. The molecule has 1 aromatic carbocycles. The van der Waals surface area contributed by atoms with Gasteiger partial charge in [0.15, 0.2) is 0 Å². The first kappa shape index (κ1) is 16.6. The molecule has 1 aliphatic carbocycles. The van der Waals surface area contributed by atoms with Gasteiger partial charge in [0.25, 0.3) is 0 Å². The second-order valence-electron chi connectivity index (χ2n) is 6.93. The molecule has 3 aromatic rings. The zero-order valence-corrected chi connectivity index (χ0v) is 14.5. The van der Waals surface area contributed by atoms with Gasteiger partial charge >= 0.3 is 0 Å². The highest BCUT2D eigenvalue weighted by molar-refractivity contribution is 5.37. The minimum Gasteiger partial charge on any atom is -0.368 e. The van der Waals surface area contributed by atoms with E-state index in [1.54, 1.807) is 6.20 Å². The maximum Gasteiger partial charge on any atom is 0.148 e. The molecule has 2 heterocycles. The number of halogens is 1. The molecule has 1 fully saturated rings. The summed E-state index contributed by atoms with van der Waals surface area (Å²) in [7, 11) is 0. The number of rotatable bonds is 6. The van der Waals surface area contributed by atoms with Crippen LogP contribution >= 0.6 is 0 Å². The van der Waals surface area contributed by atoms with Gasteiger partial charge in [-0.3, -0.25) is 4.98 Å². The molecule has 0 unspecified atom stereocenters. The molecular weight excluding hydrogens is 327 g/mol. The van der Waals surface area contributed by atoms with Crippen LogP contribution in [0.25, 0.3) is 0 Å². The van der Waals surface area contributed by atoms with E-state index in [4.69, 9.17) is 0 Å². The molecule has 2 aromatic heterocycles. The van der Waals surface area contributed by atoms with Crippen LogP contribution in [-0.2, 0) is 11.8 Å². The van der Waals surface area contributed by atoms with Crippen LogP contribution in [0.2, 0.25) is 0 Å². The van der Waals surface area contributed by atoms with Gasteiger partial charge in [-0.05, 0) is 42.7 Å². The van der Waals surface area contributed by atoms with Crippen LogP contribution in [0.3, 0.4) is 0 Å². The fraction of sp³-hybridized carbons (Fsp3) is 0.286. The minimum absolute atomic E-state index is 0.259. The fourth-order valence-electron chi connectivity index (χ4n) is 3.52. The van der Waals surface area contributed by atoms with Crippen LogP contribution in [0.5, 0.6) is 0 Å². The first-order valence-electron chi connectivity index (χ1n) is 8.90. The minimum atomic E-state index is -0.752. The lowest BCUT2D eigenvalue weighted by Crippen LogP contribution is -2.48. The Balaban J connectivity index is 1.41. The SMILES string of the molecule is FC1CC(CNc2ccc(Cc3ccccc3)nn2)(c2ccccn2)C1. The quantitative estimate of drug-likeness (QED) is 0.733. The van der Waals surface area contributed by atoms with E-state index in [1.807, 2.05) is 48.5 Å². The summed E-state index contributed by atoms with van der Waals surface area (Å²) >= 11 is 0. The number of pyridine rings is 1. The van der Waals surface area contributed by atoms with Crippen molar-refractivity contribution in [2.24, 2.45) is 0 Å². The molecule has 5 heteroatoms. The summed E-state index contributed by atoms with van der Waals surface area (Å²) in [6, 6.07) is 19.9. The largest absolute Gasteiger partial charge is 0.368 e. The number of nitrogens with one attached hydrogen (secondary N) is 1. The molecule has 0 atom stereocenters. The number of hydrogen-bond donors (Lipinski definition) is 1. The first-order chi connectivity index (χ1) is 12.7. The monoisotopic (exact) mass is 348 g/mol. The van der Waals surface area contributed by atoms with Crippen LogP contribution in [0, 0.1) is 0 Å². The lowest BCUT2D eigenvalue weighted by atomic mass is 9.65. The van der Waals surface area contributed by atoms with Gasteiger partial charge in [0.2, 0.25) is 0 Å². The Hall–Kier alpha value is -2.82. The summed E-state index contributed by atoms with van der Waals surface area (Å²) in [5.41, 5.74) is 2.81. The van der Waals surface area contributed by atoms with E-state index < -0.39 is 6.17 Å². The summed E-state index contributed by atoms with van der Waals surface area (Å²) in [4.78, 5) is 4.44.